The molecule has 0 spiro atoms. The molecule has 2 aromatic rings. The van der Waals surface area contributed by atoms with Gasteiger partial charge in [0, 0.05) is 44.6 Å². The van der Waals surface area contributed by atoms with Gasteiger partial charge in [0.25, 0.3) is 0 Å². The standard InChI is InChI=1S/C16H20ClN3O/c1-12(21)18-15-6-4-13(5-7-15)9-19(2)11-16-8-14(17)10-20(16)3/h4-8,10H,9,11H2,1-3H3,(H,18,21). The summed E-state index contributed by atoms with van der Waals surface area (Å²) in [6, 6.07) is 9.88. The van der Waals surface area contributed by atoms with Crippen LogP contribution in [0.4, 0.5) is 5.69 Å². The van der Waals surface area contributed by atoms with Crippen LogP contribution in [0.2, 0.25) is 5.02 Å². The number of hydrogen-bond donors (Lipinski definition) is 1. The zero-order chi connectivity index (χ0) is 15.4. The summed E-state index contributed by atoms with van der Waals surface area (Å²) in [7, 11) is 4.07. The molecule has 1 aromatic heterocycles. The van der Waals surface area contributed by atoms with Crippen LogP contribution in [-0.4, -0.2) is 22.4 Å². The number of anilines is 1. The van der Waals surface area contributed by atoms with Crippen molar-refractivity contribution in [3.63, 3.8) is 0 Å². The molecule has 0 radical (unpaired) electrons. The van der Waals surface area contributed by atoms with E-state index in [1.165, 1.54) is 18.2 Å². The van der Waals surface area contributed by atoms with Gasteiger partial charge in [-0.3, -0.25) is 9.69 Å². The van der Waals surface area contributed by atoms with Crippen molar-refractivity contribution >= 4 is 23.2 Å². The lowest BCUT2D eigenvalue weighted by atomic mass is 10.2. The monoisotopic (exact) mass is 305 g/mol. The highest BCUT2D eigenvalue weighted by Crippen LogP contribution is 2.16. The number of amides is 1. The molecule has 21 heavy (non-hydrogen) atoms. The number of carbonyl (C=O) groups excluding carboxylic acids is 1. The molecule has 4 nitrogen and oxygen atoms in total. The van der Waals surface area contributed by atoms with Crippen LogP contribution in [0.3, 0.4) is 0 Å². The van der Waals surface area contributed by atoms with Gasteiger partial charge in [-0.1, -0.05) is 23.7 Å². The topological polar surface area (TPSA) is 37.3 Å². The van der Waals surface area contributed by atoms with Crippen molar-refractivity contribution in [2.45, 2.75) is 20.0 Å². The Bertz CT molecular complexity index is 619. The number of carbonyl (C=O) groups is 1. The number of hydrogen-bond acceptors (Lipinski definition) is 2. The summed E-state index contributed by atoms with van der Waals surface area (Å²) in [4.78, 5) is 13.2. The van der Waals surface area contributed by atoms with Crippen molar-refractivity contribution < 1.29 is 4.79 Å². The third-order valence-corrected chi connectivity index (χ3v) is 3.44. The minimum Gasteiger partial charge on any atom is -0.352 e. The second-order valence-electron chi connectivity index (χ2n) is 5.31. The highest BCUT2D eigenvalue weighted by atomic mass is 35.5. The zero-order valence-corrected chi connectivity index (χ0v) is 13.3. The summed E-state index contributed by atoms with van der Waals surface area (Å²) in [5.41, 5.74) is 3.20. The summed E-state index contributed by atoms with van der Waals surface area (Å²) >= 11 is 5.99. The van der Waals surface area contributed by atoms with Crippen LogP contribution in [0.5, 0.6) is 0 Å². The van der Waals surface area contributed by atoms with E-state index < -0.39 is 0 Å². The van der Waals surface area contributed by atoms with Crippen molar-refractivity contribution in [2.24, 2.45) is 7.05 Å². The Kier molecular flexibility index (Phi) is 5.04. The Morgan fingerprint density at radius 2 is 1.95 bits per heavy atom. The van der Waals surface area contributed by atoms with E-state index >= 15 is 0 Å². The van der Waals surface area contributed by atoms with E-state index in [9.17, 15) is 4.79 Å². The summed E-state index contributed by atoms with van der Waals surface area (Å²) in [5, 5.41) is 3.53. The van der Waals surface area contributed by atoms with E-state index in [0.717, 1.165) is 23.8 Å². The molecule has 2 rings (SSSR count). The Hall–Kier alpha value is -1.78. The van der Waals surface area contributed by atoms with Gasteiger partial charge in [0.15, 0.2) is 0 Å². The van der Waals surface area contributed by atoms with Gasteiger partial charge >= 0.3 is 0 Å². The largest absolute Gasteiger partial charge is 0.352 e. The summed E-state index contributed by atoms with van der Waals surface area (Å²) in [6.45, 7) is 3.17. The zero-order valence-electron chi connectivity index (χ0n) is 12.6. The van der Waals surface area contributed by atoms with Crippen LogP contribution in [0.15, 0.2) is 36.5 Å². The molecule has 5 heteroatoms. The molecule has 0 aliphatic rings. The minimum atomic E-state index is -0.0551. The molecular formula is C16H20ClN3O. The quantitative estimate of drug-likeness (QED) is 0.920. The lowest BCUT2D eigenvalue weighted by molar-refractivity contribution is -0.114. The Balaban J connectivity index is 1.94. The Labute approximate surface area is 130 Å². The predicted octanol–water partition coefficient (Wildman–Crippen LogP) is 3.27. The molecule has 0 saturated heterocycles. The molecule has 0 aliphatic heterocycles. The highest BCUT2D eigenvalue weighted by molar-refractivity contribution is 6.30. The molecular weight excluding hydrogens is 286 g/mol. The van der Waals surface area contributed by atoms with E-state index in [-0.39, 0.29) is 5.91 Å². The third kappa shape index (κ3) is 4.62. The van der Waals surface area contributed by atoms with Crippen LogP contribution in [-0.2, 0) is 24.9 Å². The number of halogens is 1. The van der Waals surface area contributed by atoms with Crippen molar-refractivity contribution in [3.05, 3.63) is 52.8 Å². The average molecular weight is 306 g/mol. The van der Waals surface area contributed by atoms with Gasteiger partial charge in [-0.2, -0.15) is 0 Å². The number of aromatic nitrogens is 1. The van der Waals surface area contributed by atoms with Gasteiger partial charge in [0.1, 0.15) is 0 Å². The molecule has 1 aromatic carbocycles. The van der Waals surface area contributed by atoms with Gasteiger partial charge in [-0.05, 0) is 30.8 Å². The van der Waals surface area contributed by atoms with Crippen LogP contribution in [0.25, 0.3) is 0 Å². The number of rotatable bonds is 5. The Morgan fingerprint density at radius 3 is 2.48 bits per heavy atom. The number of benzene rings is 1. The molecule has 1 amide bonds. The maximum absolute atomic E-state index is 11.0. The van der Waals surface area contributed by atoms with E-state index in [2.05, 4.69) is 17.3 Å². The van der Waals surface area contributed by atoms with E-state index in [0.29, 0.717) is 0 Å². The van der Waals surface area contributed by atoms with Crippen LogP contribution < -0.4 is 5.32 Å². The first-order valence-electron chi connectivity index (χ1n) is 6.80. The number of nitrogens with one attached hydrogen (secondary N) is 1. The van der Waals surface area contributed by atoms with Gasteiger partial charge in [0.2, 0.25) is 5.91 Å². The summed E-state index contributed by atoms with van der Waals surface area (Å²) in [5.74, 6) is -0.0551. The molecule has 0 aliphatic carbocycles. The maximum Gasteiger partial charge on any atom is 0.221 e. The third-order valence-electron chi connectivity index (χ3n) is 3.23. The first-order valence-corrected chi connectivity index (χ1v) is 7.17. The van der Waals surface area contributed by atoms with Crippen LogP contribution in [0, 0.1) is 0 Å². The van der Waals surface area contributed by atoms with Crippen LogP contribution >= 0.6 is 11.6 Å². The molecule has 0 fully saturated rings. The minimum absolute atomic E-state index is 0.0551. The fraction of sp³-hybridized carbons (Fsp3) is 0.312. The normalized spacial score (nSPS) is 10.9. The molecule has 112 valence electrons. The Morgan fingerprint density at radius 1 is 1.29 bits per heavy atom. The highest BCUT2D eigenvalue weighted by Gasteiger charge is 2.06. The van der Waals surface area contributed by atoms with Crippen molar-refractivity contribution in [2.75, 3.05) is 12.4 Å². The summed E-state index contributed by atoms with van der Waals surface area (Å²) < 4.78 is 2.04. The number of nitrogens with zero attached hydrogens (tertiary/aromatic N) is 2. The first kappa shape index (κ1) is 15.6. The second kappa shape index (κ2) is 6.78. The maximum atomic E-state index is 11.0. The SMILES string of the molecule is CC(=O)Nc1ccc(CN(C)Cc2cc(Cl)cn2C)cc1. The van der Waals surface area contributed by atoms with E-state index in [1.807, 2.05) is 48.1 Å². The summed E-state index contributed by atoms with van der Waals surface area (Å²) in [6.07, 6.45) is 1.91. The lowest BCUT2D eigenvalue weighted by Gasteiger charge is -2.17. The average Bonchev–Trinajstić information content (AvgIpc) is 2.69. The predicted molar refractivity (Wildman–Crippen MR) is 86.3 cm³/mol. The number of aryl methyl sites for hydroxylation is 1. The molecule has 1 N–H and O–H groups in total. The van der Waals surface area contributed by atoms with Crippen LogP contribution in [0.1, 0.15) is 18.2 Å². The van der Waals surface area contributed by atoms with Crippen molar-refractivity contribution in [1.29, 1.82) is 0 Å². The fourth-order valence-corrected chi connectivity index (χ4v) is 2.54. The molecule has 0 unspecified atom stereocenters. The molecule has 0 atom stereocenters. The van der Waals surface area contributed by atoms with Gasteiger partial charge < -0.3 is 9.88 Å². The van der Waals surface area contributed by atoms with E-state index in [4.69, 9.17) is 11.6 Å². The van der Waals surface area contributed by atoms with Gasteiger partial charge in [-0.25, -0.2) is 0 Å². The van der Waals surface area contributed by atoms with E-state index in [1.54, 1.807) is 0 Å². The smallest absolute Gasteiger partial charge is 0.221 e. The van der Waals surface area contributed by atoms with Gasteiger partial charge in [-0.15, -0.1) is 0 Å². The first-order chi connectivity index (χ1) is 9.94. The lowest BCUT2D eigenvalue weighted by Crippen LogP contribution is -2.18. The second-order valence-corrected chi connectivity index (χ2v) is 5.75. The van der Waals surface area contributed by atoms with Gasteiger partial charge in [0.05, 0.1) is 5.02 Å². The molecule has 1 heterocycles. The molecule has 0 saturated carbocycles. The van der Waals surface area contributed by atoms with Crippen molar-refractivity contribution in [3.8, 4) is 0 Å². The van der Waals surface area contributed by atoms with Crippen molar-refractivity contribution in [1.82, 2.24) is 9.47 Å². The fourth-order valence-electron chi connectivity index (χ4n) is 2.26. The molecule has 0 bridgehead atoms.